The summed E-state index contributed by atoms with van der Waals surface area (Å²) in [5.41, 5.74) is 2.77. The molecule has 11 nitrogen and oxygen atoms in total. The minimum Gasteiger partial charge on any atom is -0.504 e. The fourth-order valence-corrected chi connectivity index (χ4v) is 4.43. The highest BCUT2D eigenvalue weighted by molar-refractivity contribution is 6.00. The molecule has 0 spiro atoms. The van der Waals surface area contributed by atoms with Crippen molar-refractivity contribution in [2.75, 3.05) is 16.0 Å². The van der Waals surface area contributed by atoms with E-state index in [9.17, 15) is 19.5 Å². The molecule has 3 aromatic rings. The first-order valence-electron chi connectivity index (χ1n) is 16.2. The number of hydrogen-bond acceptors (Lipinski definition) is 8. The third kappa shape index (κ3) is 11.7. The molecule has 0 fully saturated rings. The SMILES string of the molecule is CC(C)Nc1cc(C(=O)C(C)C)n(C)c1.CC(C)Nc1cn(C)c(C(=O)C(C)C)c1O.CC(C)Nc1cn(C)c(C(=O)C(C)C)n1. The molecule has 3 heterocycles. The van der Waals surface area contributed by atoms with E-state index in [1.54, 1.807) is 22.4 Å². The molecule has 258 valence electrons. The maximum atomic E-state index is 11.9. The third-order valence-corrected chi connectivity index (χ3v) is 6.65. The Hall–Kier alpha value is -4.02. The van der Waals surface area contributed by atoms with Gasteiger partial charge in [0.1, 0.15) is 11.5 Å². The molecule has 0 saturated heterocycles. The summed E-state index contributed by atoms with van der Waals surface area (Å²) in [6, 6.07) is 2.84. The van der Waals surface area contributed by atoms with Gasteiger partial charge in [-0.15, -0.1) is 0 Å². The average Bonchev–Trinajstić information content (AvgIpc) is 3.55. The van der Waals surface area contributed by atoms with Gasteiger partial charge in [0.25, 0.3) is 0 Å². The van der Waals surface area contributed by atoms with Crippen LogP contribution in [-0.4, -0.2) is 59.3 Å². The van der Waals surface area contributed by atoms with E-state index in [2.05, 4.69) is 34.8 Å². The zero-order chi connectivity index (χ0) is 35.6. The van der Waals surface area contributed by atoms with Crippen molar-refractivity contribution in [3.63, 3.8) is 0 Å². The fourth-order valence-electron chi connectivity index (χ4n) is 4.43. The number of imidazole rings is 1. The van der Waals surface area contributed by atoms with E-state index in [-0.39, 0.29) is 46.9 Å². The van der Waals surface area contributed by atoms with Gasteiger partial charge in [0.15, 0.2) is 23.1 Å². The van der Waals surface area contributed by atoms with E-state index < -0.39 is 0 Å². The maximum Gasteiger partial charge on any atom is 0.200 e. The second kappa shape index (κ2) is 17.6. The van der Waals surface area contributed by atoms with Gasteiger partial charge in [0.2, 0.25) is 5.78 Å². The molecule has 0 aliphatic carbocycles. The quantitative estimate of drug-likeness (QED) is 0.153. The van der Waals surface area contributed by atoms with Gasteiger partial charge in [0.05, 0.1) is 17.1 Å². The number of aromatic hydroxyl groups is 1. The second-order valence-corrected chi connectivity index (χ2v) is 13.6. The number of anilines is 3. The topological polar surface area (TPSA) is 135 Å². The first-order chi connectivity index (χ1) is 21.2. The lowest BCUT2D eigenvalue weighted by molar-refractivity contribution is 0.0919. The molecular weight excluding hydrogens is 582 g/mol. The number of rotatable bonds is 12. The number of aryl methyl sites for hydroxylation is 3. The first-order valence-corrected chi connectivity index (χ1v) is 16.2. The van der Waals surface area contributed by atoms with Gasteiger partial charge >= 0.3 is 0 Å². The Morgan fingerprint density at radius 2 is 1.13 bits per heavy atom. The predicted molar refractivity (Wildman–Crippen MR) is 189 cm³/mol. The molecule has 0 saturated carbocycles. The molecule has 4 N–H and O–H groups in total. The lowest BCUT2D eigenvalue weighted by Crippen LogP contribution is -2.13. The number of carbonyl (C=O) groups is 3. The van der Waals surface area contributed by atoms with Crippen LogP contribution < -0.4 is 16.0 Å². The molecule has 0 aliphatic rings. The molecule has 0 amide bonds. The molecule has 0 unspecified atom stereocenters. The predicted octanol–water partition coefficient (Wildman–Crippen LogP) is 7.15. The minimum absolute atomic E-state index is 0.0157. The van der Waals surface area contributed by atoms with E-state index in [1.165, 1.54) is 0 Å². The summed E-state index contributed by atoms with van der Waals surface area (Å²) >= 11 is 0. The highest BCUT2D eigenvalue weighted by atomic mass is 16.3. The summed E-state index contributed by atoms with van der Waals surface area (Å²) < 4.78 is 5.32. The summed E-state index contributed by atoms with van der Waals surface area (Å²) in [5.74, 6) is 1.47. The molecule has 0 atom stereocenters. The summed E-state index contributed by atoms with van der Waals surface area (Å²) in [7, 11) is 5.51. The normalized spacial score (nSPS) is 11.2. The van der Waals surface area contributed by atoms with E-state index in [1.807, 2.05) is 106 Å². The standard InChI is InChI=1S/C12H20N2O2.C12H20N2O.C11H19N3O/c1-7(2)11(15)10-12(16)9(6-14(10)5)13-8(3)4;1-8(2)12(15)11-6-10(7-14(11)5)13-9(3)4;1-7(2)10(15)11-13-9(6-14(11)5)12-8(3)4/h6-8,13,16H,1-5H3;6-9,13H,1-5H3;6-8,12H,1-5H3. The number of ketones is 3. The van der Waals surface area contributed by atoms with Crippen molar-refractivity contribution in [1.82, 2.24) is 18.7 Å². The van der Waals surface area contributed by atoms with Crippen LogP contribution in [0.15, 0.2) is 24.7 Å². The number of nitrogens with one attached hydrogen (secondary N) is 3. The van der Waals surface area contributed by atoms with E-state index in [4.69, 9.17) is 0 Å². The number of nitrogens with zero attached hydrogens (tertiary/aromatic N) is 4. The Kier molecular flexibility index (Phi) is 15.3. The number of Topliss-reactive ketones (excluding diaryl/α,β-unsaturated/α-hetero) is 3. The van der Waals surface area contributed by atoms with Crippen molar-refractivity contribution < 1.29 is 19.5 Å². The Morgan fingerprint density at radius 1 is 0.630 bits per heavy atom. The fraction of sp³-hybridized carbons (Fsp3) is 0.600. The first kappa shape index (κ1) is 40.0. The van der Waals surface area contributed by atoms with Crippen molar-refractivity contribution in [3.05, 3.63) is 41.9 Å². The van der Waals surface area contributed by atoms with Crippen molar-refractivity contribution in [1.29, 1.82) is 0 Å². The molecule has 3 rings (SSSR count). The minimum atomic E-state index is -0.119. The zero-order valence-electron chi connectivity index (χ0n) is 30.7. The van der Waals surface area contributed by atoms with Crippen LogP contribution in [0.3, 0.4) is 0 Å². The van der Waals surface area contributed by atoms with Gasteiger partial charge in [-0.2, -0.15) is 0 Å². The largest absolute Gasteiger partial charge is 0.504 e. The van der Waals surface area contributed by atoms with Gasteiger partial charge in [-0.05, 0) is 47.6 Å². The molecule has 0 radical (unpaired) electrons. The summed E-state index contributed by atoms with van der Waals surface area (Å²) in [6.45, 7) is 23.5. The Morgan fingerprint density at radius 3 is 1.59 bits per heavy atom. The summed E-state index contributed by atoms with van der Waals surface area (Å²) in [4.78, 5) is 39.7. The smallest absolute Gasteiger partial charge is 0.200 e. The second-order valence-electron chi connectivity index (χ2n) is 13.6. The lowest BCUT2D eigenvalue weighted by Gasteiger charge is -2.08. The zero-order valence-corrected chi connectivity index (χ0v) is 30.7. The van der Waals surface area contributed by atoms with Crippen molar-refractivity contribution in [3.8, 4) is 5.75 Å². The van der Waals surface area contributed by atoms with Crippen LogP contribution in [0, 0.1) is 17.8 Å². The van der Waals surface area contributed by atoms with E-state index in [0.29, 0.717) is 29.3 Å². The van der Waals surface area contributed by atoms with Crippen molar-refractivity contribution in [2.24, 2.45) is 38.9 Å². The average molecular weight is 642 g/mol. The van der Waals surface area contributed by atoms with E-state index in [0.717, 1.165) is 17.2 Å². The van der Waals surface area contributed by atoms with Crippen LogP contribution in [0.4, 0.5) is 17.2 Å². The molecular formula is C35H59N7O4. The highest BCUT2D eigenvalue weighted by Crippen LogP contribution is 2.31. The highest BCUT2D eigenvalue weighted by Gasteiger charge is 2.22. The molecule has 46 heavy (non-hydrogen) atoms. The van der Waals surface area contributed by atoms with Crippen LogP contribution in [0.25, 0.3) is 0 Å². The third-order valence-electron chi connectivity index (χ3n) is 6.65. The molecule has 0 aromatic carbocycles. The monoisotopic (exact) mass is 641 g/mol. The molecule has 11 heteroatoms. The molecule has 0 aliphatic heterocycles. The van der Waals surface area contributed by atoms with E-state index >= 15 is 0 Å². The van der Waals surface area contributed by atoms with Crippen molar-refractivity contribution in [2.45, 2.75) is 101 Å². The lowest BCUT2D eigenvalue weighted by atomic mass is 10.1. The Balaban J connectivity index is 0.000000345. The van der Waals surface area contributed by atoms with Gasteiger partial charge in [0, 0.05) is 75.6 Å². The summed E-state index contributed by atoms with van der Waals surface area (Å²) in [6.07, 6.45) is 5.54. The van der Waals surface area contributed by atoms with Gasteiger partial charge in [-0.3, -0.25) is 14.4 Å². The van der Waals surface area contributed by atoms with Crippen molar-refractivity contribution >= 4 is 34.5 Å². The maximum absolute atomic E-state index is 11.9. The number of hydrogen-bond donors (Lipinski definition) is 4. The van der Waals surface area contributed by atoms with Crippen LogP contribution in [0.2, 0.25) is 0 Å². The van der Waals surface area contributed by atoms with Crippen LogP contribution in [0.1, 0.15) is 115 Å². The van der Waals surface area contributed by atoms with Gasteiger partial charge in [-0.25, -0.2) is 4.98 Å². The van der Waals surface area contributed by atoms with Gasteiger partial charge in [-0.1, -0.05) is 41.5 Å². The number of aromatic nitrogens is 4. The van der Waals surface area contributed by atoms with Crippen LogP contribution in [-0.2, 0) is 21.1 Å². The molecule has 3 aromatic heterocycles. The molecule has 0 bridgehead atoms. The number of carbonyl (C=O) groups excluding carboxylic acids is 3. The van der Waals surface area contributed by atoms with Crippen LogP contribution >= 0.6 is 0 Å². The van der Waals surface area contributed by atoms with Crippen LogP contribution in [0.5, 0.6) is 5.75 Å². The van der Waals surface area contributed by atoms with Gasteiger partial charge < -0.3 is 34.8 Å². The Bertz CT molecular complexity index is 1370. The Labute approximate surface area is 276 Å². The summed E-state index contributed by atoms with van der Waals surface area (Å²) in [5, 5.41) is 19.5.